The van der Waals surface area contributed by atoms with Crippen LogP contribution in [0, 0.1) is 37.5 Å². The van der Waals surface area contributed by atoms with Crippen molar-refractivity contribution in [1.29, 1.82) is 0 Å². The van der Waals surface area contributed by atoms with Gasteiger partial charge in [-0.1, -0.05) is 42.7 Å². The zero-order valence-electron chi connectivity index (χ0n) is 34.7. The van der Waals surface area contributed by atoms with Crippen molar-refractivity contribution in [2.45, 2.75) is 53.2 Å². The molecular weight excluding hydrogens is 781 g/mol. The second-order valence-electron chi connectivity index (χ2n) is 12.8. The third kappa shape index (κ3) is 11.7. The molecule has 2 atom stereocenters. The van der Waals surface area contributed by atoms with Gasteiger partial charge >= 0.3 is 6.01 Å². The molecular formula is C42H46N14O5. The average Bonchev–Trinajstić information content (AvgIpc) is 4.09. The van der Waals surface area contributed by atoms with Crippen LogP contribution >= 0.6 is 0 Å². The van der Waals surface area contributed by atoms with Gasteiger partial charge in [0.2, 0.25) is 11.9 Å². The van der Waals surface area contributed by atoms with Crippen molar-refractivity contribution in [3.8, 4) is 41.3 Å². The van der Waals surface area contributed by atoms with Gasteiger partial charge in [0, 0.05) is 54.2 Å². The quantitative estimate of drug-likeness (QED) is 0.111. The Morgan fingerprint density at radius 1 is 0.869 bits per heavy atom. The molecule has 2 aromatic carbocycles. The molecule has 1 unspecified atom stereocenters. The lowest BCUT2D eigenvalue weighted by molar-refractivity contribution is 0.112. The first-order chi connectivity index (χ1) is 29.4. The average molecular weight is 827 g/mol. The minimum Gasteiger partial charge on any atom is -0.462 e. The summed E-state index contributed by atoms with van der Waals surface area (Å²) < 4.78 is 18.8. The minimum absolute atomic E-state index is 0.150. The van der Waals surface area contributed by atoms with E-state index in [-0.39, 0.29) is 17.7 Å². The standard InChI is InChI=1S/C18H16N8O.C18H19N5O3.C4H5NO.C2H6/c1-11-13-4-3-12(5-7-18(2,27)16-21-10-22-24-16)9-14(13)26(25-11)15-6-8-20-17(19)23-15;1-12(24)3-4-13-5-6-14-15(11-13)23(16-7-8-20-17(19)22-16)18(21-14)26-10-9-25-2;1-4-2-3-5-6-4;1-2/h3-4,6,8-10,27H,1-2H3,(H2,19,20,23)(H,21,22,24);5-8,11-12,24H,9-10H2,1-2H3,(H2,19,20,22);2-3H,1H3;1-2H3/t;12-;;/m.1../s1. The van der Waals surface area contributed by atoms with Gasteiger partial charge in [-0.05, 0) is 64.1 Å². The summed E-state index contributed by atoms with van der Waals surface area (Å²) in [6.45, 7) is 11.7. The third-order valence-electron chi connectivity index (χ3n) is 8.09. The number of nitrogens with one attached hydrogen (secondary N) is 1. The molecule has 0 aliphatic carbocycles. The van der Waals surface area contributed by atoms with Crippen molar-refractivity contribution >= 4 is 33.8 Å². The van der Waals surface area contributed by atoms with Crippen LogP contribution in [0.4, 0.5) is 11.9 Å². The van der Waals surface area contributed by atoms with Crippen molar-refractivity contribution in [3.63, 3.8) is 0 Å². The number of aliphatic hydroxyl groups is 2. The van der Waals surface area contributed by atoms with Crippen LogP contribution in [0.15, 0.2) is 84.0 Å². The molecule has 0 fully saturated rings. The van der Waals surface area contributed by atoms with E-state index in [2.05, 4.69) is 78.6 Å². The third-order valence-corrected chi connectivity index (χ3v) is 8.09. The van der Waals surface area contributed by atoms with E-state index in [4.69, 9.17) is 20.9 Å². The first kappa shape index (κ1) is 44.4. The molecule has 61 heavy (non-hydrogen) atoms. The molecule has 7 N–H and O–H groups in total. The van der Waals surface area contributed by atoms with Crippen LogP contribution in [0.25, 0.3) is 33.6 Å². The summed E-state index contributed by atoms with van der Waals surface area (Å²) in [5.41, 5.74) is 14.6. The van der Waals surface area contributed by atoms with Crippen molar-refractivity contribution < 1.29 is 24.2 Å². The number of aliphatic hydroxyl groups excluding tert-OH is 1. The Kier molecular flexibility index (Phi) is 15.1. The van der Waals surface area contributed by atoms with Crippen LogP contribution in [0.1, 0.15) is 56.1 Å². The van der Waals surface area contributed by atoms with Crippen LogP contribution in [0.5, 0.6) is 6.01 Å². The van der Waals surface area contributed by atoms with Crippen molar-refractivity contribution in [3.05, 3.63) is 108 Å². The maximum atomic E-state index is 10.5. The van der Waals surface area contributed by atoms with Crippen molar-refractivity contribution in [1.82, 2.24) is 59.6 Å². The lowest BCUT2D eigenvalue weighted by Gasteiger charge is -2.11. The zero-order chi connectivity index (χ0) is 43.9. The Balaban J connectivity index is 0.000000196. The number of imidazole rings is 1. The van der Waals surface area contributed by atoms with Gasteiger partial charge in [-0.25, -0.2) is 24.2 Å². The summed E-state index contributed by atoms with van der Waals surface area (Å²) in [6.07, 6.45) is 5.39. The smallest absolute Gasteiger partial charge is 0.303 e. The first-order valence-corrected chi connectivity index (χ1v) is 18.9. The van der Waals surface area contributed by atoms with E-state index < -0.39 is 11.7 Å². The fourth-order valence-electron chi connectivity index (χ4n) is 5.32. The summed E-state index contributed by atoms with van der Waals surface area (Å²) in [7, 11) is 1.60. The number of ether oxygens (including phenoxy) is 2. The lowest BCUT2D eigenvalue weighted by Crippen LogP contribution is -2.20. The highest BCUT2D eigenvalue weighted by Crippen LogP contribution is 2.27. The molecule has 8 aromatic rings. The van der Waals surface area contributed by atoms with Crippen molar-refractivity contribution in [2.75, 3.05) is 31.8 Å². The molecule has 314 valence electrons. The van der Waals surface area contributed by atoms with E-state index in [0.29, 0.717) is 36.4 Å². The molecule has 0 radical (unpaired) electrons. The number of nitrogens with zero attached hydrogens (tertiary/aromatic N) is 11. The van der Waals surface area contributed by atoms with E-state index in [1.807, 2.05) is 64.1 Å². The van der Waals surface area contributed by atoms with Gasteiger partial charge in [-0.3, -0.25) is 5.10 Å². The number of nitrogens with two attached hydrogens (primary N) is 2. The highest BCUT2D eigenvalue weighted by Gasteiger charge is 2.23. The van der Waals surface area contributed by atoms with Crippen LogP contribution in [0.2, 0.25) is 0 Å². The van der Waals surface area contributed by atoms with Crippen LogP contribution < -0.4 is 16.2 Å². The monoisotopic (exact) mass is 826 g/mol. The first-order valence-electron chi connectivity index (χ1n) is 18.9. The Morgan fingerprint density at radius 3 is 2.18 bits per heavy atom. The van der Waals surface area contributed by atoms with E-state index in [9.17, 15) is 10.2 Å². The highest BCUT2D eigenvalue weighted by atomic mass is 16.5. The molecule has 0 saturated heterocycles. The summed E-state index contributed by atoms with van der Waals surface area (Å²) in [4.78, 5) is 24.8. The fourth-order valence-corrected chi connectivity index (χ4v) is 5.32. The Bertz CT molecular complexity index is 2770. The lowest BCUT2D eigenvalue weighted by atomic mass is 10.1. The number of H-pyrrole nitrogens is 1. The number of hydrogen-bond acceptors (Lipinski definition) is 16. The summed E-state index contributed by atoms with van der Waals surface area (Å²) in [5.74, 6) is 14.0. The molecule has 19 heteroatoms. The fraction of sp³-hybridized carbons (Fsp3) is 0.262. The maximum absolute atomic E-state index is 10.5. The van der Waals surface area contributed by atoms with Gasteiger partial charge < -0.3 is 35.7 Å². The van der Waals surface area contributed by atoms with E-state index >= 15 is 0 Å². The number of aromatic nitrogens is 12. The number of fused-ring (bicyclic) bond motifs is 2. The predicted octanol–water partition coefficient (Wildman–Crippen LogP) is 4.25. The van der Waals surface area contributed by atoms with Crippen LogP contribution in [0.3, 0.4) is 0 Å². The molecule has 0 aliphatic heterocycles. The summed E-state index contributed by atoms with van der Waals surface area (Å²) in [5, 5.41) is 35.2. The Hall–Kier alpha value is -7.71. The number of aryl methyl sites for hydroxylation is 2. The molecule has 6 aromatic heterocycles. The van der Waals surface area contributed by atoms with Gasteiger partial charge in [-0.15, -0.1) is 0 Å². The molecule has 0 aliphatic rings. The number of methoxy groups -OCH3 is 1. The van der Waals surface area contributed by atoms with Gasteiger partial charge in [0.05, 0.1) is 35.0 Å². The number of nitrogen functional groups attached to an aromatic ring is 2. The molecule has 6 heterocycles. The minimum atomic E-state index is -1.44. The number of hydrogen-bond donors (Lipinski definition) is 5. The Morgan fingerprint density at radius 2 is 1.56 bits per heavy atom. The molecule has 0 amide bonds. The largest absolute Gasteiger partial charge is 0.462 e. The highest BCUT2D eigenvalue weighted by molar-refractivity contribution is 5.84. The van der Waals surface area contributed by atoms with Crippen molar-refractivity contribution in [2.24, 2.45) is 0 Å². The van der Waals surface area contributed by atoms with E-state index in [1.54, 1.807) is 67.0 Å². The van der Waals surface area contributed by atoms with Gasteiger partial charge in [0.15, 0.2) is 17.2 Å². The summed E-state index contributed by atoms with van der Waals surface area (Å²) >= 11 is 0. The normalized spacial score (nSPS) is 11.8. The number of anilines is 2. The second kappa shape index (κ2) is 20.8. The molecule has 0 saturated carbocycles. The molecule has 0 spiro atoms. The van der Waals surface area contributed by atoms with E-state index in [1.165, 1.54) is 6.33 Å². The topological polar surface area (TPSA) is 266 Å². The predicted molar refractivity (Wildman–Crippen MR) is 228 cm³/mol. The number of aromatic amines is 1. The maximum Gasteiger partial charge on any atom is 0.303 e. The molecule has 0 bridgehead atoms. The number of rotatable bonds is 7. The van der Waals surface area contributed by atoms with Gasteiger partial charge in [-0.2, -0.15) is 25.1 Å². The zero-order valence-corrected chi connectivity index (χ0v) is 34.7. The molecule has 19 nitrogen and oxygen atoms in total. The van der Waals surface area contributed by atoms with Crippen LogP contribution in [-0.4, -0.2) is 96.2 Å². The number of benzene rings is 2. The SMILES string of the molecule is CC.COCCOc1nc2ccc(C#C[C@@H](C)O)cc2n1-c1ccnc(N)n1.Cc1ccno1.Cc1nn(-c2ccnc(N)n2)c2cc(C#CC(C)(O)c3ncn[nH]3)ccc12. The van der Waals surface area contributed by atoms with Gasteiger partial charge in [0.25, 0.3) is 0 Å². The Labute approximate surface area is 351 Å². The molecule has 8 rings (SSSR count). The van der Waals surface area contributed by atoms with Crippen LogP contribution in [-0.2, 0) is 10.3 Å². The van der Waals surface area contributed by atoms with E-state index in [0.717, 1.165) is 39.0 Å². The summed E-state index contributed by atoms with van der Waals surface area (Å²) in [6, 6.07) is 16.9. The second-order valence-corrected chi connectivity index (χ2v) is 12.8. The van der Waals surface area contributed by atoms with Gasteiger partial charge in [0.1, 0.15) is 30.6 Å².